The van der Waals surface area contributed by atoms with Crippen LogP contribution in [0.3, 0.4) is 0 Å². The Bertz CT molecular complexity index is 1410. The van der Waals surface area contributed by atoms with Crippen LogP contribution in [0.25, 0.3) is 10.6 Å². The fourth-order valence-electron chi connectivity index (χ4n) is 4.54. The van der Waals surface area contributed by atoms with E-state index in [9.17, 15) is 14.3 Å². The van der Waals surface area contributed by atoms with Crippen molar-refractivity contribution >= 4 is 34.9 Å². The van der Waals surface area contributed by atoms with Crippen molar-refractivity contribution < 1.29 is 19.0 Å². The second-order valence-electron chi connectivity index (χ2n) is 9.49. The molecule has 208 valence electrons. The monoisotopic (exact) mass is 562 g/mol. The maximum Gasteiger partial charge on any atom is 0.413 e. The van der Waals surface area contributed by atoms with Gasteiger partial charge < -0.3 is 20.1 Å². The molecule has 0 saturated carbocycles. The predicted octanol–water partition coefficient (Wildman–Crippen LogP) is 6.42. The molecule has 0 spiro atoms. The van der Waals surface area contributed by atoms with Gasteiger partial charge in [0.25, 0.3) is 0 Å². The van der Waals surface area contributed by atoms with Gasteiger partial charge in [0, 0.05) is 35.4 Å². The zero-order valence-electron chi connectivity index (χ0n) is 22.0. The van der Waals surface area contributed by atoms with Crippen molar-refractivity contribution in [3.05, 3.63) is 77.7 Å². The summed E-state index contributed by atoms with van der Waals surface area (Å²) in [4.78, 5) is 28.7. The van der Waals surface area contributed by atoms with Crippen LogP contribution in [0.15, 0.2) is 66.2 Å². The Morgan fingerprint density at radius 3 is 2.70 bits per heavy atom. The zero-order chi connectivity index (χ0) is 27.7. The van der Waals surface area contributed by atoms with Crippen LogP contribution in [0.1, 0.15) is 31.4 Å². The minimum atomic E-state index is -1.17. The highest BCUT2D eigenvalue weighted by Crippen LogP contribution is 2.26. The number of hydrogen-bond donors (Lipinski definition) is 2. The Morgan fingerprint density at radius 1 is 1.10 bits per heavy atom. The Labute approximate surface area is 236 Å². The van der Waals surface area contributed by atoms with Gasteiger partial charge in [0.1, 0.15) is 10.8 Å². The van der Waals surface area contributed by atoms with E-state index < -0.39 is 11.9 Å². The van der Waals surface area contributed by atoms with Crippen LogP contribution in [0.4, 0.5) is 26.6 Å². The average Bonchev–Trinajstić information content (AvgIpc) is 3.45. The number of ether oxygens (including phenoxy) is 1. The summed E-state index contributed by atoms with van der Waals surface area (Å²) in [5, 5.41) is 15.5. The summed E-state index contributed by atoms with van der Waals surface area (Å²) in [6.45, 7) is 3.68. The summed E-state index contributed by atoms with van der Waals surface area (Å²) in [5.74, 6) is 0.00749. The molecule has 0 atom stereocenters. The van der Waals surface area contributed by atoms with Gasteiger partial charge in [-0.15, -0.1) is 11.3 Å². The SMILES string of the molecule is O=C(O)N(Cc1csc(-c2ccccc2)n1)c1ccnc(Nc2ccc(OCCCN3CCCCC3)c(F)c2)n1. The average molecular weight is 563 g/mol. The van der Waals surface area contributed by atoms with Crippen LogP contribution in [-0.4, -0.2) is 57.3 Å². The van der Waals surface area contributed by atoms with Gasteiger partial charge in [-0.05, 0) is 50.6 Å². The molecule has 1 amide bonds. The molecule has 11 heteroatoms. The molecule has 1 fully saturated rings. The van der Waals surface area contributed by atoms with Crippen molar-refractivity contribution in [1.29, 1.82) is 0 Å². The molecule has 1 aliphatic rings. The third-order valence-corrected chi connectivity index (χ3v) is 7.49. The first-order valence-corrected chi connectivity index (χ1v) is 14.2. The molecule has 0 radical (unpaired) electrons. The van der Waals surface area contributed by atoms with Crippen molar-refractivity contribution in [1.82, 2.24) is 19.9 Å². The minimum Gasteiger partial charge on any atom is -0.490 e. The van der Waals surface area contributed by atoms with Crippen LogP contribution < -0.4 is 15.0 Å². The molecule has 4 aromatic rings. The van der Waals surface area contributed by atoms with Crippen LogP contribution >= 0.6 is 11.3 Å². The summed E-state index contributed by atoms with van der Waals surface area (Å²) in [5.41, 5.74) is 1.99. The van der Waals surface area contributed by atoms with E-state index in [1.165, 1.54) is 48.9 Å². The van der Waals surface area contributed by atoms with E-state index in [1.807, 2.05) is 35.7 Å². The van der Waals surface area contributed by atoms with Crippen LogP contribution in [-0.2, 0) is 6.54 Å². The predicted molar refractivity (Wildman–Crippen MR) is 154 cm³/mol. The summed E-state index contributed by atoms with van der Waals surface area (Å²) in [7, 11) is 0. The molecule has 0 aliphatic carbocycles. The highest BCUT2D eigenvalue weighted by atomic mass is 32.1. The zero-order valence-corrected chi connectivity index (χ0v) is 22.8. The molecule has 2 N–H and O–H groups in total. The molecule has 5 rings (SSSR count). The van der Waals surface area contributed by atoms with E-state index in [2.05, 4.69) is 25.2 Å². The smallest absolute Gasteiger partial charge is 0.413 e. The van der Waals surface area contributed by atoms with Gasteiger partial charge >= 0.3 is 6.09 Å². The number of carbonyl (C=O) groups is 1. The van der Waals surface area contributed by atoms with Gasteiger partial charge in [-0.25, -0.2) is 19.2 Å². The van der Waals surface area contributed by atoms with Crippen molar-refractivity contribution in [3.8, 4) is 16.3 Å². The molecule has 9 nitrogen and oxygen atoms in total. The normalized spacial score (nSPS) is 13.6. The Hall–Kier alpha value is -4.09. The van der Waals surface area contributed by atoms with Gasteiger partial charge in [0.2, 0.25) is 5.95 Å². The molecule has 0 unspecified atom stereocenters. The van der Waals surface area contributed by atoms with Gasteiger partial charge in [-0.3, -0.25) is 4.90 Å². The Morgan fingerprint density at radius 2 is 1.93 bits per heavy atom. The van der Waals surface area contributed by atoms with Crippen molar-refractivity contribution in [2.75, 3.05) is 36.5 Å². The fourth-order valence-corrected chi connectivity index (χ4v) is 5.36. The maximum absolute atomic E-state index is 14.7. The standard InChI is InChI=1S/C29H31FN6O3S/c30-24-18-22(10-11-25(24)39-17-7-16-35-14-5-2-6-15-35)33-28-31-13-12-26(34-28)36(29(37)38)19-23-20-40-27(32-23)21-8-3-1-4-9-21/h1,3-4,8-13,18,20H,2,5-7,14-17,19H2,(H,37,38)(H,31,33,34). The lowest BCUT2D eigenvalue weighted by Gasteiger charge is -2.26. The number of hydrogen-bond acceptors (Lipinski definition) is 8. The van der Waals surface area contributed by atoms with E-state index >= 15 is 0 Å². The summed E-state index contributed by atoms with van der Waals surface area (Å²) >= 11 is 1.45. The Kier molecular flexibility index (Phi) is 9.15. The molecule has 2 aromatic heterocycles. The number of piperidine rings is 1. The molecular formula is C29H31FN6O3S. The number of amides is 1. The highest BCUT2D eigenvalue weighted by Gasteiger charge is 2.19. The lowest BCUT2D eigenvalue weighted by molar-refractivity contribution is 0.201. The number of likely N-dealkylation sites (tertiary alicyclic amines) is 1. The maximum atomic E-state index is 14.7. The summed E-state index contributed by atoms with van der Waals surface area (Å²) in [6.07, 6.45) is 4.90. The fraction of sp³-hybridized carbons (Fsp3) is 0.310. The van der Waals surface area contributed by atoms with Crippen LogP contribution in [0.5, 0.6) is 5.75 Å². The molecule has 1 saturated heterocycles. The molecule has 3 heterocycles. The van der Waals surface area contributed by atoms with Gasteiger partial charge in [0.15, 0.2) is 11.6 Å². The van der Waals surface area contributed by atoms with Crippen LogP contribution in [0, 0.1) is 5.82 Å². The van der Waals surface area contributed by atoms with Gasteiger partial charge in [-0.2, -0.15) is 4.98 Å². The molecule has 0 bridgehead atoms. The topological polar surface area (TPSA) is 104 Å². The number of carboxylic acid groups (broad SMARTS) is 1. The van der Waals surface area contributed by atoms with E-state index in [0.29, 0.717) is 18.0 Å². The number of nitrogens with zero attached hydrogens (tertiary/aromatic N) is 5. The van der Waals surface area contributed by atoms with Gasteiger partial charge in [-0.1, -0.05) is 36.8 Å². The number of halogens is 1. The van der Waals surface area contributed by atoms with E-state index in [1.54, 1.807) is 12.1 Å². The minimum absolute atomic E-state index is 0.0214. The third kappa shape index (κ3) is 7.30. The molecular weight excluding hydrogens is 531 g/mol. The number of benzene rings is 2. The summed E-state index contributed by atoms with van der Waals surface area (Å²) < 4.78 is 20.4. The number of thiazole rings is 1. The lowest BCUT2D eigenvalue weighted by atomic mass is 10.1. The first kappa shape index (κ1) is 27.5. The van der Waals surface area contributed by atoms with Gasteiger partial charge in [0.05, 0.1) is 18.8 Å². The highest BCUT2D eigenvalue weighted by molar-refractivity contribution is 7.13. The second-order valence-corrected chi connectivity index (χ2v) is 10.3. The largest absolute Gasteiger partial charge is 0.490 e. The quantitative estimate of drug-likeness (QED) is 0.202. The van der Waals surface area contributed by atoms with Crippen molar-refractivity contribution in [3.63, 3.8) is 0 Å². The first-order chi connectivity index (χ1) is 19.5. The second kappa shape index (κ2) is 13.3. The number of rotatable bonds is 11. The first-order valence-electron chi connectivity index (χ1n) is 13.3. The van der Waals surface area contributed by atoms with E-state index in [-0.39, 0.29) is 24.1 Å². The number of anilines is 3. The molecule has 1 aliphatic heterocycles. The van der Waals surface area contributed by atoms with Crippen molar-refractivity contribution in [2.24, 2.45) is 0 Å². The van der Waals surface area contributed by atoms with E-state index in [4.69, 9.17) is 4.74 Å². The van der Waals surface area contributed by atoms with Crippen molar-refractivity contribution in [2.45, 2.75) is 32.2 Å². The summed E-state index contributed by atoms with van der Waals surface area (Å²) in [6, 6.07) is 15.8. The third-order valence-electron chi connectivity index (χ3n) is 6.55. The number of aromatic nitrogens is 3. The van der Waals surface area contributed by atoms with E-state index in [0.717, 1.165) is 41.5 Å². The Balaban J connectivity index is 1.19. The van der Waals surface area contributed by atoms with Crippen LogP contribution in [0.2, 0.25) is 0 Å². The molecule has 40 heavy (non-hydrogen) atoms. The number of nitrogens with one attached hydrogen (secondary N) is 1. The molecule has 2 aromatic carbocycles. The lowest BCUT2D eigenvalue weighted by Crippen LogP contribution is -2.31.